The van der Waals surface area contributed by atoms with Gasteiger partial charge >= 0.3 is 5.63 Å². The van der Waals surface area contributed by atoms with Crippen LogP contribution in [0.4, 0.5) is 5.69 Å². The second-order valence-corrected chi connectivity index (χ2v) is 7.99. The first kappa shape index (κ1) is 17.8. The first-order valence-corrected chi connectivity index (χ1v) is 9.87. The van der Waals surface area contributed by atoms with Crippen LogP contribution in [0.15, 0.2) is 51.9 Å². The molecule has 0 bridgehead atoms. The van der Waals surface area contributed by atoms with Crippen molar-refractivity contribution in [2.45, 2.75) is 33.6 Å². The molecule has 1 unspecified atom stereocenters. The molecule has 0 amide bonds. The minimum absolute atomic E-state index is 0.287. The second-order valence-electron chi connectivity index (χ2n) is 7.99. The average Bonchev–Trinajstić information content (AvgIpc) is 2.65. The maximum absolute atomic E-state index is 12.5. The molecule has 0 aliphatic carbocycles. The fraction of sp³-hybridized carbons (Fsp3) is 0.391. The molecule has 27 heavy (non-hydrogen) atoms. The molecule has 0 fully saturated rings. The Morgan fingerprint density at radius 2 is 2.00 bits per heavy atom. The van der Waals surface area contributed by atoms with Crippen LogP contribution in [0.3, 0.4) is 0 Å². The summed E-state index contributed by atoms with van der Waals surface area (Å²) in [5, 5.41) is 0.998. The Kier molecular flexibility index (Phi) is 4.73. The van der Waals surface area contributed by atoms with Crippen molar-refractivity contribution >= 4 is 16.7 Å². The normalized spacial score (nSPS) is 16.7. The Balaban J connectivity index is 1.81. The van der Waals surface area contributed by atoms with E-state index in [1.165, 1.54) is 17.7 Å². The zero-order chi connectivity index (χ0) is 19.0. The number of hydrogen-bond donors (Lipinski definition) is 0. The first-order chi connectivity index (χ1) is 13.0. The van der Waals surface area contributed by atoms with Gasteiger partial charge in [-0.05, 0) is 49.3 Å². The molecule has 1 N–H and O–H groups in total. The van der Waals surface area contributed by atoms with Gasteiger partial charge in [-0.25, -0.2) is 9.78 Å². The van der Waals surface area contributed by atoms with Crippen LogP contribution in [0.1, 0.15) is 32.8 Å². The number of nitrogens with one attached hydrogen (secondary N) is 1. The van der Waals surface area contributed by atoms with Crippen molar-refractivity contribution < 1.29 is 9.40 Å². The van der Waals surface area contributed by atoms with Crippen molar-refractivity contribution in [1.29, 1.82) is 0 Å². The largest absolute Gasteiger partial charge is 0.422 e. The fourth-order valence-corrected chi connectivity index (χ4v) is 4.34. The number of anilines is 1. The molecule has 3 aromatic rings. The summed E-state index contributed by atoms with van der Waals surface area (Å²) in [4.78, 5) is 18.0. The van der Waals surface area contributed by atoms with E-state index in [0.29, 0.717) is 23.0 Å². The first-order valence-electron chi connectivity index (χ1n) is 9.87. The number of hydrogen-bond acceptors (Lipinski definition) is 3. The lowest BCUT2D eigenvalue weighted by Gasteiger charge is -2.36. The molecular formula is C23H27N2O2+. The summed E-state index contributed by atoms with van der Waals surface area (Å²) in [5.74, 6) is 1.38. The lowest BCUT2D eigenvalue weighted by molar-refractivity contribution is -0.377. The lowest BCUT2D eigenvalue weighted by Crippen LogP contribution is -2.35. The Morgan fingerprint density at radius 3 is 2.70 bits per heavy atom. The standard InChI is InChI=1S/C23H26N2O2/c1-4-25-14-16(9-15(2)3)10-18-11-19-12-20(17-5-7-24-8-6-17)23(26)27-22(19)13-21(18)25/h5-8,11-13,15-16H,4,9-10,14H2,1-3H3/p+1. The minimum atomic E-state index is -0.287. The minimum Gasteiger partial charge on any atom is -0.422 e. The number of pyridine rings is 1. The van der Waals surface area contributed by atoms with Crippen LogP contribution in [-0.2, 0) is 6.42 Å². The van der Waals surface area contributed by atoms with E-state index in [2.05, 4.69) is 42.8 Å². The summed E-state index contributed by atoms with van der Waals surface area (Å²) in [5.41, 5.74) is 4.45. The number of nitrogens with zero attached hydrogens (tertiary/aromatic N) is 1. The predicted molar refractivity (Wildman–Crippen MR) is 109 cm³/mol. The zero-order valence-corrected chi connectivity index (χ0v) is 16.3. The van der Waals surface area contributed by atoms with Crippen molar-refractivity contribution in [2.75, 3.05) is 18.0 Å². The highest BCUT2D eigenvalue weighted by atomic mass is 16.4. The van der Waals surface area contributed by atoms with Gasteiger partial charge in [0.2, 0.25) is 0 Å². The van der Waals surface area contributed by atoms with Gasteiger partial charge in [0.1, 0.15) is 5.58 Å². The third-order valence-electron chi connectivity index (χ3n) is 5.48. The smallest absolute Gasteiger partial charge is 0.344 e. The van der Waals surface area contributed by atoms with E-state index in [4.69, 9.17) is 4.42 Å². The van der Waals surface area contributed by atoms with Crippen LogP contribution in [0.5, 0.6) is 0 Å². The summed E-state index contributed by atoms with van der Waals surface area (Å²) in [7, 11) is 0. The van der Waals surface area contributed by atoms with Gasteiger partial charge in [0.15, 0.2) is 12.4 Å². The molecule has 4 nitrogen and oxygen atoms in total. The Bertz CT molecular complexity index is 1010. The SMILES string of the molecule is CCN1CC(CC(C)C)Cc2cc3cc(-c4cc[nH+]cc4)c(=O)oc3cc21. The highest BCUT2D eigenvalue weighted by Gasteiger charge is 2.25. The summed E-state index contributed by atoms with van der Waals surface area (Å²) < 4.78 is 5.71. The van der Waals surface area contributed by atoms with Crippen molar-refractivity contribution in [1.82, 2.24) is 0 Å². The van der Waals surface area contributed by atoms with E-state index in [-0.39, 0.29) is 5.63 Å². The highest BCUT2D eigenvalue weighted by molar-refractivity contribution is 5.86. The molecule has 0 radical (unpaired) electrons. The summed E-state index contributed by atoms with van der Waals surface area (Å²) >= 11 is 0. The quantitative estimate of drug-likeness (QED) is 0.649. The molecule has 1 aliphatic rings. The van der Waals surface area contributed by atoms with Gasteiger partial charge in [-0.2, -0.15) is 0 Å². The zero-order valence-electron chi connectivity index (χ0n) is 16.3. The Hall–Kier alpha value is -2.62. The number of benzene rings is 1. The van der Waals surface area contributed by atoms with Crippen molar-refractivity contribution in [3.05, 3.63) is 58.7 Å². The maximum atomic E-state index is 12.5. The van der Waals surface area contributed by atoms with E-state index in [1.807, 2.05) is 30.6 Å². The topological polar surface area (TPSA) is 47.6 Å². The van der Waals surface area contributed by atoms with Crippen molar-refractivity contribution in [3.8, 4) is 11.1 Å². The average molecular weight is 363 g/mol. The highest BCUT2D eigenvalue weighted by Crippen LogP contribution is 2.35. The molecule has 4 heteroatoms. The summed E-state index contributed by atoms with van der Waals surface area (Å²) in [6, 6.07) is 10.0. The fourth-order valence-electron chi connectivity index (χ4n) is 4.34. The third kappa shape index (κ3) is 3.48. The molecule has 0 spiro atoms. The molecular weight excluding hydrogens is 336 g/mol. The molecule has 1 aromatic carbocycles. The Labute approximate surface area is 159 Å². The summed E-state index contributed by atoms with van der Waals surface area (Å²) in [6.07, 6.45) is 5.97. The lowest BCUT2D eigenvalue weighted by atomic mass is 9.86. The van der Waals surface area contributed by atoms with Gasteiger partial charge in [-0.15, -0.1) is 0 Å². The van der Waals surface area contributed by atoms with E-state index < -0.39 is 0 Å². The van der Waals surface area contributed by atoms with Gasteiger partial charge in [0.25, 0.3) is 0 Å². The van der Waals surface area contributed by atoms with Crippen molar-refractivity contribution in [3.63, 3.8) is 0 Å². The van der Waals surface area contributed by atoms with Gasteiger partial charge in [-0.1, -0.05) is 13.8 Å². The predicted octanol–water partition coefficient (Wildman–Crippen LogP) is 4.32. The van der Waals surface area contributed by atoms with Gasteiger partial charge in [0.05, 0.1) is 5.56 Å². The van der Waals surface area contributed by atoms with Crippen LogP contribution in [0, 0.1) is 11.8 Å². The molecule has 2 aromatic heterocycles. The molecule has 3 heterocycles. The van der Waals surface area contributed by atoms with Crippen LogP contribution < -0.4 is 15.5 Å². The van der Waals surface area contributed by atoms with E-state index in [9.17, 15) is 4.79 Å². The van der Waals surface area contributed by atoms with Crippen molar-refractivity contribution in [2.24, 2.45) is 11.8 Å². The van der Waals surface area contributed by atoms with Gasteiger partial charge in [0, 0.05) is 47.9 Å². The molecule has 1 atom stereocenters. The van der Waals surface area contributed by atoms with Crippen LogP contribution in [0.25, 0.3) is 22.1 Å². The Morgan fingerprint density at radius 1 is 1.22 bits per heavy atom. The molecule has 140 valence electrons. The number of aromatic amines is 1. The second kappa shape index (κ2) is 7.18. The molecule has 0 saturated heterocycles. The van der Waals surface area contributed by atoms with E-state index in [1.54, 1.807) is 0 Å². The number of fused-ring (bicyclic) bond motifs is 2. The van der Waals surface area contributed by atoms with E-state index >= 15 is 0 Å². The van der Waals surface area contributed by atoms with Gasteiger partial charge < -0.3 is 9.32 Å². The molecule has 1 aliphatic heterocycles. The number of aromatic nitrogens is 1. The summed E-state index contributed by atoms with van der Waals surface area (Å²) in [6.45, 7) is 8.83. The van der Waals surface area contributed by atoms with E-state index in [0.717, 1.165) is 30.5 Å². The number of rotatable bonds is 4. The van der Waals surface area contributed by atoms with Gasteiger partial charge in [-0.3, -0.25) is 0 Å². The van der Waals surface area contributed by atoms with Crippen LogP contribution in [0.2, 0.25) is 0 Å². The maximum Gasteiger partial charge on any atom is 0.344 e. The monoisotopic (exact) mass is 363 g/mol. The third-order valence-corrected chi connectivity index (χ3v) is 5.48. The van der Waals surface area contributed by atoms with Crippen LogP contribution in [-0.4, -0.2) is 13.1 Å². The number of H-pyrrole nitrogens is 1. The van der Waals surface area contributed by atoms with Crippen LogP contribution >= 0.6 is 0 Å². The molecule has 4 rings (SSSR count). The molecule has 0 saturated carbocycles.